The monoisotopic (exact) mass is 692 g/mol. The second-order valence-corrected chi connectivity index (χ2v) is 14.3. The Morgan fingerprint density at radius 2 is 1.07 bits per heavy atom. The molecule has 2 atom stereocenters. The molecular weight excluding hydrogens is 657 g/mol. The summed E-state index contributed by atoms with van der Waals surface area (Å²) in [5.41, 5.74) is 16.8. The van der Waals surface area contributed by atoms with Crippen molar-refractivity contribution in [1.29, 1.82) is 0 Å². The van der Waals surface area contributed by atoms with Crippen LogP contribution in [0.15, 0.2) is 194 Å². The molecule has 0 aliphatic carbocycles. The number of para-hydroxylation sites is 4. The van der Waals surface area contributed by atoms with Gasteiger partial charge in [0.05, 0.1) is 28.5 Å². The summed E-state index contributed by atoms with van der Waals surface area (Å²) in [7, 11) is 0. The van der Waals surface area contributed by atoms with Crippen LogP contribution in [-0.4, -0.2) is 4.57 Å². The molecule has 2 unspecified atom stereocenters. The van der Waals surface area contributed by atoms with Gasteiger partial charge in [-0.25, -0.2) is 0 Å². The molecule has 1 aromatic heterocycles. The summed E-state index contributed by atoms with van der Waals surface area (Å²) in [6.45, 7) is 0. The highest BCUT2D eigenvalue weighted by molar-refractivity contribution is 6.11. The summed E-state index contributed by atoms with van der Waals surface area (Å²) < 4.78 is 2.41. The van der Waals surface area contributed by atoms with Crippen LogP contribution < -0.4 is 15.5 Å². The quantitative estimate of drug-likeness (QED) is 0.188. The predicted molar refractivity (Wildman–Crippen MR) is 225 cm³/mol. The highest BCUT2D eigenvalue weighted by Gasteiger charge is 2.31. The van der Waals surface area contributed by atoms with Crippen LogP contribution in [0.5, 0.6) is 0 Å². The van der Waals surface area contributed by atoms with Crippen LogP contribution in [0.1, 0.15) is 28.9 Å². The molecule has 2 N–H and O–H groups in total. The lowest BCUT2D eigenvalue weighted by Gasteiger charge is -2.31. The van der Waals surface area contributed by atoms with E-state index >= 15 is 0 Å². The second-order valence-electron chi connectivity index (χ2n) is 14.3. The number of benzene rings is 8. The molecular formula is C50H36N4. The minimum atomic E-state index is 0.0139. The summed E-state index contributed by atoms with van der Waals surface area (Å²) in [4.78, 5) is 2.41. The Bertz CT molecular complexity index is 2820. The van der Waals surface area contributed by atoms with Crippen molar-refractivity contribution in [3.63, 3.8) is 0 Å². The van der Waals surface area contributed by atoms with E-state index in [2.05, 4.69) is 214 Å². The fourth-order valence-corrected chi connectivity index (χ4v) is 8.70. The largest absolute Gasteiger partial charge is 0.374 e. The van der Waals surface area contributed by atoms with E-state index in [4.69, 9.17) is 0 Å². The van der Waals surface area contributed by atoms with Gasteiger partial charge in [-0.2, -0.15) is 0 Å². The number of anilines is 4. The summed E-state index contributed by atoms with van der Waals surface area (Å²) in [5, 5.41) is 10.2. The van der Waals surface area contributed by atoms with Gasteiger partial charge in [-0.3, -0.25) is 0 Å². The smallest absolute Gasteiger partial charge is 0.130 e. The molecule has 54 heavy (non-hydrogen) atoms. The zero-order valence-electron chi connectivity index (χ0n) is 29.5. The summed E-state index contributed by atoms with van der Waals surface area (Å²) in [6, 6.07) is 70.4. The van der Waals surface area contributed by atoms with Gasteiger partial charge in [0.1, 0.15) is 6.17 Å². The van der Waals surface area contributed by atoms with E-state index in [1.807, 2.05) is 0 Å². The Morgan fingerprint density at radius 3 is 1.87 bits per heavy atom. The highest BCUT2D eigenvalue weighted by atomic mass is 15.3. The molecule has 0 radical (unpaired) electrons. The Kier molecular flexibility index (Phi) is 6.96. The van der Waals surface area contributed by atoms with Crippen molar-refractivity contribution in [2.75, 3.05) is 15.5 Å². The first-order chi connectivity index (χ1) is 26.8. The van der Waals surface area contributed by atoms with Crippen LogP contribution in [0.2, 0.25) is 0 Å². The number of hydrogen-bond donors (Lipinski definition) is 2. The average Bonchev–Trinajstić information content (AvgIpc) is 3.80. The Balaban J connectivity index is 1.04. The third kappa shape index (κ3) is 4.84. The molecule has 0 spiro atoms. The SMILES string of the molecule is c1ccc(C2Nc3ccc(-c4ccc(N5c6ccccc6NC5c5ccccc5)cc4)cc3-c3cc4c5ccccc5n(-c5ccccc5)c4cc32)cc1. The molecule has 4 nitrogen and oxygen atoms in total. The van der Waals surface area contributed by atoms with Gasteiger partial charge in [0.15, 0.2) is 0 Å². The Hall–Kier alpha value is -7.04. The first-order valence-corrected chi connectivity index (χ1v) is 18.7. The lowest BCUT2D eigenvalue weighted by molar-refractivity contribution is 0.828. The first kappa shape index (κ1) is 30.6. The molecule has 4 heteroatoms. The van der Waals surface area contributed by atoms with Gasteiger partial charge in [0, 0.05) is 33.4 Å². The van der Waals surface area contributed by atoms with Gasteiger partial charge in [-0.15, -0.1) is 0 Å². The molecule has 256 valence electrons. The minimum absolute atomic E-state index is 0.0139. The van der Waals surface area contributed by atoms with E-state index < -0.39 is 0 Å². The van der Waals surface area contributed by atoms with Crippen LogP contribution in [0, 0.1) is 0 Å². The molecule has 11 rings (SSSR count). The number of nitrogens with zero attached hydrogens (tertiary/aromatic N) is 2. The third-order valence-corrected chi connectivity index (χ3v) is 11.2. The molecule has 8 aromatic carbocycles. The number of fused-ring (bicyclic) bond motifs is 7. The van der Waals surface area contributed by atoms with Crippen molar-refractivity contribution in [3.05, 3.63) is 211 Å². The van der Waals surface area contributed by atoms with Gasteiger partial charge in [0.2, 0.25) is 0 Å². The molecule has 2 aliphatic heterocycles. The van der Waals surface area contributed by atoms with Crippen LogP contribution >= 0.6 is 0 Å². The van der Waals surface area contributed by atoms with Crippen LogP contribution in [-0.2, 0) is 0 Å². The van der Waals surface area contributed by atoms with E-state index in [1.165, 1.54) is 66.4 Å². The fourth-order valence-electron chi connectivity index (χ4n) is 8.70. The van der Waals surface area contributed by atoms with E-state index in [0.29, 0.717) is 0 Å². The fraction of sp³-hybridized carbons (Fsp3) is 0.0400. The zero-order chi connectivity index (χ0) is 35.6. The Labute approximate surface area is 314 Å². The Morgan fingerprint density at radius 1 is 0.407 bits per heavy atom. The number of nitrogens with one attached hydrogen (secondary N) is 2. The van der Waals surface area contributed by atoms with E-state index in [-0.39, 0.29) is 12.2 Å². The molecule has 3 heterocycles. The maximum Gasteiger partial charge on any atom is 0.130 e. The third-order valence-electron chi connectivity index (χ3n) is 11.2. The topological polar surface area (TPSA) is 32.2 Å². The maximum absolute atomic E-state index is 3.96. The minimum Gasteiger partial charge on any atom is -0.374 e. The zero-order valence-corrected chi connectivity index (χ0v) is 29.5. The molecule has 0 bridgehead atoms. The van der Waals surface area contributed by atoms with E-state index in [1.54, 1.807) is 0 Å². The second kappa shape index (κ2) is 12.3. The molecule has 0 amide bonds. The van der Waals surface area contributed by atoms with Crippen molar-refractivity contribution in [1.82, 2.24) is 4.57 Å². The molecule has 0 fully saturated rings. The van der Waals surface area contributed by atoms with Gasteiger partial charge >= 0.3 is 0 Å². The first-order valence-electron chi connectivity index (χ1n) is 18.7. The number of aromatic nitrogens is 1. The number of rotatable bonds is 5. The normalized spacial score (nSPS) is 15.7. The van der Waals surface area contributed by atoms with E-state index in [9.17, 15) is 0 Å². The summed E-state index contributed by atoms with van der Waals surface area (Å²) in [6.07, 6.45) is 0.0167. The van der Waals surface area contributed by atoms with Crippen molar-refractivity contribution >= 4 is 44.6 Å². The molecule has 2 aliphatic rings. The lowest BCUT2D eigenvalue weighted by Crippen LogP contribution is -2.23. The average molecular weight is 693 g/mol. The molecule has 9 aromatic rings. The van der Waals surface area contributed by atoms with Gasteiger partial charge < -0.3 is 20.1 Å². The molecule has 0 saturated heterocycles. The molecule has 0 saturated carbocycles. The highest BCUT2D eigenvalue weighted by Crippen LogP contribution is 2.49. The number of hydrogen-bond acceptors (Lipinski definition) is 3. The van der Waals surface area contributed by atoms with Crippen LogP contribution in [0.25, 0.3) is 49.7 Å². The summed E-state index contributed by atoms with van der Waals surface area (Å²) >= 11 is 0. The standard InChI is InChI=1S/C50H36N4/c1-4-14-34(15-5-1)49-43-32-48-42(39-20-10-12-22-46(39)53(48)37-18-8-3-9-19-37)31-40(43)41-30-36(26-29-44(41)51-49)33-24-27-38(28-25-33)54-47-23-13-11-21-45(47)52-50(54)35-16-6-2-7-17-35/h1-32,49-52H. The summed E-state index contributed by atoms with van der Waals surface area (Å²) in [5.74, 6) is 0. The van der Waals surface area contributed by atoms with Crippen molar-refractivity contribution in [3.8, 4) is 27.9 Å². The van der Waals surface area contributed by atoms with Crippen molar-refractivity contribution in [2.24, 2.45) is 0 Å². The predicted octanol–water partition coefficient (Wildman–Crippen LogP) is 12.9. The maximum atomic E-state index is 3.96. The lowest BCUT2D eigenvalue weighted by atomic mass is 9.84. The van der Waals surface area contributed by atoms with Gasteiger partial charge in [-0.05, 0) is 100 Å². The van der Waals surface area contributed by atoms with Gasteiger partial charge in [-0.1, -0.05) is 127 Å². The van der Waals surface area contributed by atoms with E-state index in [0.717, 1.165) is 22.7 Å². The van der Waals surface area contributed by atoms with Crippen LogP contribution in [0.4, 0.5) is 22.7 Å². The van der Waals surface area contributed by atoms with Gasteiger partial charge in [0.25, 0.3) is 0 Å². The van der Waals surface area contributed by atoms with Crippen molar-refractivity contribution in [2.45, 2.75) is 12.2 Å². The van der Waals surface area contributed by atoms with Crippen LogP contribution in [0.3, 0.4) is 0 Å². The van der Waals surface area contributed by atoms with Crippen molar-refractivity contribution < 1.29 is 0 Å².